The summed E-state index contributed by atoms with van der Waals surface area (Å²) in [5.41, 5.74) is 2.28. The SMILES string of the molecule is CCOCCCN=C(N=C1CC(c2cc(F)cc(F)c2)=NN1)NC(=O)c1ccc(C(F)(F)F)cc1. The third-order valence-electron chi connectivity index (χ3n) is 4.70. The molecule has 2 N–H and O–H groups in total. The van der Waals surface area contributed by atoms with Crippen molar-refractivity contribution in [1.82, 2.24) is 10.7 Å². The number of guanidine groups is 1. The van der Waals surface area contributed by atoms with E-state index in [-0.39, 0.29) is 35.9 Å². The lowest BCUT2D eigenvalue weighted by molar-refractivity contribution is -0.137. The van der Waals surface area contributed by atoms with Gasteiger partial charge in [0.1, 0.15) is 17.5 Å². The lowest BCUT2D eigenvalue weighted by Gasteiger charge is -2.09. The number of aliphatic imine (C=N–C) groups is 2. The van der Waals surface area contributed by atoms with E-state index in [1.807, 2.05) is 6.92 Å². The number of rotatable bonds is 7. The molecule has 1 aliphatic heterocycles. The number of carbonyl (C=O) groups excluding carboxylic acids is 1. The normalized spacial score (nSPS) is 15.2. The van der Waals surface area contributed by atoms with Gasteiger partial charge in [-0.3, -0.25) is 20.5 Å². The fourth-order valence-electron chi connectivity index (χ4n) is 3.03. The lowest BCUT2D eigenvalue weighted by Crippen LogP contribution is -2.31. The molecule has 0 aliphatic carbocycles. The number of alkyl halides is 3. The van der Waals surface area contributed by atoms with Crippen LogP contribution in [0.2, 0.25) is 0 Å². The first kappa shape index (κ1) is 25.9. The third-order valence-corrected chi connectivity index (χ3v) is 4.70. The molecule has 186 valence electrons. The Bertz CT molecular complexity index is 1120. The van der Waals surface area contributed by atoms with Crippen molar-refractivity contribution in [3.8, 4) is 0 Å². The number of amidine groups is 1. The van der Waals surface area contributed by atoms with Crippen LogP contribution in [0.5, 0.6) is 0 Å². The smallest absolute Gasteiger partial charge is 0.382 e. The average molecular weight is 495 g/mol. The zero-order chi connectivity index (χ0) is 25.4. The second-order valence-electron chi connectivity index (χ2n) is 7.35. The first-order valence-corrected chi connectivity index (χ1v) is 10.6. The number of ether oxygens (including phenoxy) is 1. The molecule has 2 aromatic carbocycles. The molecule has 1 amide bonds. The Morgan fingerprint density at radius 3 is 2.46 bits per heavy atom. The van der Waals surface area contributed by atoms with Gasteiger partial charge in [0.25, 0.3) is 5.91 Å². The Hall–Kier alpha value is -3.67. The van der Waals surface area contributed by atoms with Gasteiger partial charge in [-0.25, -0.2) is 8.78 Å². The standard InChI is InChI=1S/C23H22F5N5O2/c1-2-35-9-3-8-29-22(31-21(34)14-4-6-16(7-5-14)23(26,27)28)30-20-13-19(32-33-20)15-10-17(24)12-18(25)11-15/h4-7,10-12H,2-3,8-9,13H2,1H3,(H2,29,30,31,33,34). The van der Waals surface area contributed by atoms with Crippen LogP contribution in [-0.2, 0) is 10.9 Å². The van der Waals surface area contributed by atoms with Gasteiger partial charge in [-0.15, -0.1) is 0 Å². The molecule has 7 nitrogen and oxygen atoms in total. The highest BCUT2D eigenvalue weighted by Crippen LogP contribution is 2.29. The number of nitrogens with one attached hydrogen (secondary N) is 2. The van der Waals surface area contributed by atoms with E-state index in [0.717, 1.165) is 42.5 Å². The minimum Gasteiger partial charge on any atom is -0.382 e. The Morgan fingerprint density at radius 1 is 1.14 bits per heavy atom. The molecule has 35 heavy (non-hydrogen) atoms. The molecule has 0 aromatic heterocycles. The fraction of sp³-hybridized carbons (Fsp3) is 0.304. The number of benzene rings is 2. The summed E-state index contributed by atoms with van der Waals surface area (Å²) in [6.45, 7) is 3.07. The number of carbonyl (C=O) groups is 1. The van der Waals surface area contributed by atoms with Crippen molar-refractivity contribution in [1.29, 1.82) is 0 Å². The topological polar surface area (TPSA) is 87.4 Å². The second-order valence-corrected chi connectivity index (χ2v) is 7.35. The van der Waals surface area contributed by atoms with E-state index in [9.17, 15) is 26.7 Å². The van der Waals surface area contributed by atoms with Crippen LogP contribution < -0.4 is 10.7 Å². The number of nitrogens with zero attached hydrogens (tertiary/aromatic N) is 3. The molecule has 0 spiro atoms. The van der Waals surface area contributed by atoms with Crippen LogP contribution in [0.4, 0.5) is 22.0 Å². The summed E-state index contributed by atoms with van der Waals surface area (Å²) >= 11 is 0. The number of hydrazone groups is 1. The molecule has 12 heteroatoms. The van der Waals surface area contributed by atoms with Crippen LogP contribution in [0.25, 0.3) is 0 Å². The van der Waals surface area contributed by atoms with Gasteiger partial charge in [0.15, 0.2) is 0 Å². The van der Waals surface area contributed by atoms with Gasteiger partial charge < -0.3 is 4.74 Å². The van der Waals surface area contributed by atoms with Crippen molar-refractivity contribution in [2.24, 2.45) is 15.1 Å². The second kappa shape index (κ2) is 11.6. The van der Waals surface area contributed by atoms with E-state index in [1.54, 1.807) is 0 Å². The van der Waals surface area contributed by atoms with Crippen LogP contribution in [0.1, 0.15) is 41.3 Å². The highest BCUT2D eigenvalue weighted by atomic mass is 19.4. The molecule has 1 heterocycles. The molecule has 0 saturated heterocycles. The Balaban J connectivity index is 1.74. The van der Waals surface area contributed by atoms with Crippen LogP contribution in [0.3, 0.4) is 0 Å². The average Bonchev–Trinajstić information content (AvgIpc) is 3.26. The van der Waals surface area contributed by atoms with E-state index in [2.05, 4.69) is 25.8 Å². The van der Waals surface area contributed by atoms with Gasteiger partial charge in [-0.2, -0.15) is 23.3 Å². The van der Waals surface area contributed by atoms with E-state index in [1.165, 1.54) is 0 Å². The predicted molar refractivity (Wildman–Crippen MR) is 120 cm³/mol. The zero-order valence-electron chi connectivity index (χ0n) is 18.6. The van der Waals surface area contributed by atoms with Crippen molar-refractivity contribution < 1.29 is 31.5 Å². The number of amides is 1. The summed E-state index contributed by atoms with van der Waals surface area (Å²) in [7, 11) is 0. The molecule has 3 rings (SSSR count). The quantitative estimate of drug-likeness (QED) is 0.260. The Labute approximate surface area is 197 Å². The minimum absolute atomic E-state index is 0.0215. The highest BCUT2D eigenvalue weighted by molar-refractivity contribution is 6.18. The van der Waals surface area contributed by atoms with Crippen molar-refractivity contribution in [3.05, 3.63) is 70.8 Å². The summed E-state index contributed by atoms with van der Waals surface area (Å²) in [6, 6.07) is 6.69. The van der Waals surface area contributed by atoms with Crippen LogP contribution in [0, 0.1) is 11.6 Å². The number of hydrogen-bond donors (Lipinski definition) is 2. The van der Waals surface area contributed by atoms with Crippen LogP contribution in [-0.4, -0.2) is 43.2 Å². The first-order chi connectivity index (χ1) is 16.7. The molecular formula is C23H22F5N5O2. The molecule has 2 aromatic rings. The zero-order valence-corrected chi connectivity index (χ0v) is 18.6. The Morgan fingerprint density at radius 2 is 1.83 bits per heavy atom. The number of halogens is 5. The summed E-state index contributed by atoms with van der Waals surface area (Å²) in [5.74, 6) is -2.07. The van der Waals surface area contributed by atoms with Gasteiger partial charge in [-0.1, -0.05) is 0 Å². The van der Waals surface area contributed by atoms with Crippen molar-refractivity contribution >= 4 is 23.4 Å². The molecule has 0 fully saturated rings. The van der Waals surface area contributed by atoms with Gasteiger partial charge in [0, 0.05) is 37.0 Å². The van der Waals surface area contributed by atoms with E-state index in [4.69, 9.17) is 4.74 Å². The maximum absolute atomic E-state index is 13.5. The van der Waals surface area contributed by atoms with E-state index in [0.29, 0.717) is 25.3 Å². The van der Waals surface area contributed by atoms with Crippen LogP contribution >= 0.6 is 0 Å². The monoisotopic (exact) mass is 495 g/mol. The molecular weight excluding hydrogens is 473 g/mol. The molecule has 0 bridgehead atoms. The van der Waals surface area contributed by atoms with Crippen molar-refractivity contribution in [3.63, 3.8) is 0 Å². The summed E-state index contributed by atoms with van der Waals surface area (Å²) in [5, 5.41) is 6.49. The highest BCUT2D eigenvalue weighted by Gasteiger charge is 2.30. The molecule has 0 radical (unpaired) electrons. The number of hydrogen-bond acceptors (Lipinski definition) is 4. The predicted octanol–water partition coefficient (Wildman–Crippen LogP) is 4.29. The molecule has 0 unspecified atom stereocenters. The van der Waals surface area contributed by atoms with Crippen molar-refractivity contribution in [2.45, 2.75) is 25.9 Å². The maximum atomic E-state index is 13.5. The van der Waals surface area contributed by atoms with Crippen LogP contribution in [0.15, 0.2) is 57.6 Å². The maximum Gasteiger partial charge on any atom is 0.416 e. The summed E-state index contributed by atoms with van der Waals surface area (Å²) < 4.78 is 70.6. The minimum atomic E-state index is -4.52. The molecule has 0 atom stereocenters. The lowest BCUT2D eigenvalue weighted by atomic mass is 10.1. The Kier molecular flexibility index (Phi) is 8.63. The van der Waals surface area contributed by atoms with Gasteiger partial charge in [0.2, 0.25) is 5.96 Å². The fourth-order valence-corrected chi connectivity index (χ4v) is 3.03. The molecule has 0 saturated carbocycles. The van der Waals surface area contributed by atoms with Gasteiger partial charge in [-0.05, 0) is 49.7 Å². The van der Waals surface area contributed by atoms with Gasteiger partial charge >= 0.3 is 6.18 Å². The first-order valence-electron chi connectivity index (χ1n) is 10.6. The van der Waals surface area contributed by atoms with Gasteiger partial charge in [0.05, 0.1) is 17.7 Å². The largest absolute Gasteiger partial charge is 0.416 e. The third kappa shape index (κ3) is 7.67. The molecule has 1 aliphatic rings. The van der Waals surface area contributed by atoms with E-state index >= 15 is 0 Å². The summed E-state index contributed by atoms with van der Waals surface area (Å²) in [4.78, 5) is 21.1. The summed E-state index contributed by atoms with van der Waals surface area (Å²) in [6.07, 6.45) is -3.91. The van der Waals surface area contributed by atoms with Crippen molar-refractivity contribution in [2.75, 3.05) is 19.8 Å². The van der Waals surface area contributed by atoms with E-state index < -0.39 is 29.3 Å².